The van der Waals surface area contributed by atoms with Gasteiger partial charge in [-0.3, -0.25) is 4.18 Å². The molecule has 0 heterocycles. The molecule has 2 rings (SSSR count). The van der Waals surface area contributed by atoms with Crippen molar-refractivity contribution in [2.24, 2.45) is 0 Å². The van der Waals surface area contributed by atoms with Gasteiger partial charge in [0.15, 0.2) is 0 Å². The minimum Gasteiger partial charge on any atom is -0.494 e. The highest BCUT2D eigenvalue weighted by atomic mass is 32.2. The van der Waals surface area contributed by atoms with Crippen LogP contribution in [0.2, 0.25) is 0 Å². The molecule has 0 saturated carbocycles. The van der Waals surface area contributed by atoms with Crippen molar-refractivity contribution in [3.63, 3.8) is 0 Å². The van der Waals surface area contributed by atoms with Crippen LogP contribution in [0.5, 0.6) is 11.5 Å². The number of carbonyl (C=O) groups is 2. The molecule has 0 spiro atoms. The molecule has 0 atom stereocenters. The predicted molar refractivity (Wildman–Crippen MR) is 139 cm³/mol. The summed E-state index contributed by atoms with van der Waals surface area (Å²) in [4.78, 5) is 24.0. The number of benzene rings is 2. The van der Waals surface area contributed by atoms with E-state index in [-0.39, 0.29) is 12.4 Å². The number of hydrogen-bond acceptors (Lipinski definition) is 9. The fourth-order valence-electron chi connectivity index (χ4n) is 3.25. The largest absolute Gasteiger partial charge is 0.494 e. The third-order valence-electron chi connectivity index (χ3n) is 5.19. The molecule has 0 saturated heterocycles. The molecule has 2 aromatic rings. The van der Waals surface area contributed by atoms with Gasteiger partial charge < -0.3 is 18.9 Å². The van der Waals surface area contributed by atoms with Crippen LogP contribution in [0.1, 0.15) is 54.4 Å². The van der Waals surface area contributed by atoms with Crippen LogP contribution < -0.4 is 9.47 Å². The zero-order valence-corrected chi connectivity index (χ0v) is 22.3. The summed E-state index contributed by atoms with van der Waals surface area (Å²) in [5.41, 5.74) is 1.08. The van der Waals surface area contributed by atoms with Gasteiger partial charge >= 0.3 is 11.9 Å². The minimum absolute atomic E-state index is 0.0593. The first-order chi connectivity index (χ1) is 17.7. The minimum atomic E-state index is -3.35. The first-order valence-corrected chi connectivity index (χ1v) is 13.8. The summed E-state index contributed by atoms with van der Waals surface area (Å²) < 4.78 is 47.3. The highest BCUT2D eigenvalue weighted by Gasteiger charge is 2.11. The van der Waals surface area contributed by atoms with Crippen LogP contribution in [0.3, 0.4) is 0 Å². The third-order valence-corrected chi connectivity index (χ3v) is 5.78. The lowest BCUT2D eigenvalue weighted by atomic mass is 10.1. The first-order valence-electron chi connectivity index (χ1n) is 12.0. The zero-order chi connectivity index (χ0) is 27.1. The second kappa shape index (κ2) is 15.7. The van der Waals surface area contributed by atoms with Crippen molar-refractivity contribution in [3.8, 4) is 11.5 Å². The Bertz CT molecular complexity index is 1120. The van der Waals surface area contributed by atoms with Crippen molar-refractivity contribution in [1.82, 2.24) is 0 Å². The number of hydrogen-bond donors (Lipinski definition) is 0. The van der Waals surface area contributed by atoms with Crippen LogP contribution in [0.15, 0.2) is 54.3 Å². The molecule has 37 heavy (non-hydrogen) atoms. The van der Waals surface area contributed by atoms with Gasteiger partial charge in [-0.15, -0.1) is 0 Å². The van der Waals surface area contributed by atoms with E-state index in [1.807, 2.05) is 0 Å². The molecule has 10 heteroatoms. The first kappa shape index (κ1) is 29.9. The Morgan fingerprint density at radius 2 is 1.32 bits per heavy atom. The molecule has 9 nitrogen and oxygen atoms in total. The van der Waals surface area contributed by atoms with E-state index < -0.39 is 22.1 Å². The quantitative estimate of drug-likeness (QED) is 0.0751. The molecule has 0 aliphatic rings. The standard InChI is InChI=1S/C27H34O9S/c1-32-25(27(29)33-2)20-21-10-14-24(15-11-21)36-26(28)22-12-16-23(17-13-22)34-18-8-6-4-5-7-9-19-35-37(3,30)31/h10-17,20H,4-9,18-19H2,1-3H3/b25-20+. The maximum Gasteiger partial charge on any atom is 0.373 e. The molecule has 0 aliphatic carbocycles. The number of ether oxygens (including phenoxy) is 4. The summed E-state index contributed by atoms with van der Waals surface area (Å²) in [6, 6.07) is 13.4. The van der Waals surface area contributed by atoms with E-state index >= 15 is 0 Å². The SMILES string of the molecule is COC(=O)/C(=C\c1ccc(OC(=O)c2ccc(OCCCCCCCCOS(C)(=O)=O)cc2)cc1)OC. The van der Waals surface area contributed by atoms with E-state index in [1.54, 1.807) is 48.5 Å². The molecular weight excluding hydrogens is 500 g/mol. The van der Waals surface area contributed by atoms with Gasteiger partial charge in [-0.05, 0) is 60.9 Å². The van der Waals surface area contributed by atoms with Gasteiger partial charge in [0.2, 0.25) is 5.76 Å². The Balaban J connectivity index is 1.69. The van der Waals surface area contributed by atoms with Crippen LogP contribution in [0.25, 0.3) is 6.08 Å². The maximum absolute atomic E-state index is 12.4. The average Bonchev–Trinajstić information content (AvgIpc) is 2.88. The Labute approximate surface area is 218 Å². The lowest BCUT2D eigenvalue weighted by molar-refractivity contribution is -0.139. The van der Waals surface area contributed by atoms with Gasteiger partial charge in [0.25, 0.3) is 10.1 Å². The third kappa shape index (κ3) is 11.9. The van der Waals surface area contributed by atoms with Gasteiger partial charge in [0.1, 0.15) is 11.5 Å². The summed E-state index contributed by atoms with van der Waals surface area (Å²) in [5.74, 6) is 0.0118. The van der Waals surface area contributed by atoms with Crippen molar-refractivity contribution >= 4 is 28.1 Å². The molecule has 0 radical (unpaired) electrons. The smallest absolute Gasteiger partial charge is 0.373 e. The molecule has 2 aromatic carbocycles. The molecular formula is C27H34O9S. The van der Waals surface area contributed by atoms with Crippen LogP contribution in [0, 0.1) is 0 Å². The molecule has 0 bridgehead atoms. The molecule has 0 N–H and O–H groups in total. The van der Waals surface area contributed by atoms with Gasteiger partial charge in [0.05, 0.1) is 39.3 Å². The average molecular weight is 535 g/mol. The van der Waals surface area contributed by atoms with Gasteiger partial charge in [-0.2, -0.15) is 8.42 Å². The van der Waals surface area contributed by atoms with Gasteiger partial charge in [-0.25, -0.2) is 9.59 Å². The van der Waals surface area contributed by atoms with Crippen molar-refractivity contribution < 1.29 is 41.1 Å². The Morgan fingerprint density at radius 1 is 0.757 bits per heavy atom. The topological polar surface area (TPSA) is 114 Å². The maximum atomic E-state index is 12.4. The van der Waals surface area contributed by atoms with Crippen molar-refractivity contribution in [2.45, 2.75) is 38.5 Å². The fourth-order valence-corrected chi connectivity index (χ4v) is 3.67. The van der Waals surface area contributed by atoms with Gasteiger partial charge in [0, 0.05) is 0 Å². The molecule has 0 aromatic heterocycles. The van der Waals surface area contributed by atoms with Crippen molar-refractivity contribution in [2.75, 3.05) is 33.7 Å². The summed E-state index contributed by atoms with van der Waals surface area (Å²) in [5, 5.41) is 0. The van der Waals surface area contributed by atoms with E-state index in [9.17, 15) is 18.0 Å². The number of carbonyl (C=O) groups excluding carboxylic acids is 2. The fraction of sp³-hybridized carbons (Fsp3) is 0.407. The second-order valence-corrected chi connectivity index (χ2v) is 9.83. The second-order valence-electron chi connectivity index (χ2n) is 8.18. The Hall–Kier alpha value is -3.37. The van der Waals surface area contributed by atoms with E-state index in [4.69, 9.17) is 18.4 Å². The number of methoxy groups -OCH3 is 2. The van der Waals surface area contributed by atoms with E-state index in [0.717, 1.165) is 44.8 Å². The van der Waals surface area contributed by atoms with Crippen LogP contribution >= 0.6 is 0 Å². The van der Waals surface area contributed by atoms with Crippen molar-refractivity contribution in [1.29, 1.82) is 0 Å². The highest BCUT2D eigenvalue weighted by Crippen LogP contribution is 2.19. The number of unbranched alkanes of at least 4 members (excludes halogenated alkanes) is 5. The van der Waals surface area contributed by atoms with E-state index in [0.29, 0.717) is 29.2 Å². The number of rotatable bonds is 16. The summed E-state index contributed by atoms with van der Waals surface area (Å²) in [6.07, 6.45) is 8.22. The highest BCUT2D eigenvalue weighted by molar-refractivity contribution is 7.85. The predicted octanol–water partition coefficient (Wildman–Crippen LogP) is 4.76. The molecule has 202 valence electrons. The molecule has 0 amide bonds. The molecule has 0 aliphatic heterocycles. The zero-order valence-electron chi connectivity index (χ0n) is 21.4. The Kier molecular flexibility index (Phi) is 12.7. The van der Waals surface area contributed by atoms with Crippen LogP contribution in [0.4, 0.5) is 0 Å². The van der Waals surface area contributed by atoms with Crippen LogP contribution in [-0.4, -0.2) is 54.0 Å². The summed E-state index contributed by atoms with van der Waals surface area (Å²) in [6.45, 7) is 0.812. The van der Waals surface area contributed by atoms with Gasteiger partial charge in [-0.1, -0.05) is 37.8 Å². The molecule has 0 fully saturated rings. The summed E-state index contributed by atoms with van der Waals surface area (Å²) >= 11 is 0. The van der Waals surface area contributed by atoms with Crippen molar-refractivity contribution in [3.05, 3.63) is 65.4 Å². The van der Waals surface area contributed by atoms with E-state index in [1.165, 1.54) is 20.3 Å². The summed E-state index contributed by atoms with van der Waals surface area (Å²) in [7, 11) is -0.697. The normalized spacial score (nSPS) is 11.6. The van der Waals surface area contributed by atoms with E-state index in [2.05, 4.69) is 4.74 Å². The monoisotopic (exact) mass is 534 g/mol. The lowest BCUT2D eigenvalue weighted by Crippen LogP contribution is -2.08. The molecule has 0 unspecified atom stereocenters. The lowest BCUT2D eigenvalue weighted by Gasteiger charge is -2.08. The Morgan fingerprint density at radius 3 is 1.89 bits per heavy atom. The van der Waals surface area contributed by atoms with Crippen LogP contribution in [-0.2, 0) is 28.6 Å². The number of esters is 2.